The van der Waals surface area contributed by atoms with Gasteiger partial charge in [-0.2, -0.15) is 0 Å². The van der Waals surface area contributed by atoms with E-state index in [0.717, 1.165) is 11.1 Å². The van der Waals surface area contributed by atoms with E-state index in [-0.39, 0.29) is 5.70 Å². The minimum atomic E-state index is -0.992. The smallest absolute Gasteiger partial charge is 0.352 e. The van der Waals surface area contributed by atoms with Gasteiger partial charge in [0.05, 0.1) is 0 Å². The molecule has 2 aromatic rings. The first-order valence-corrected chi connectivity index (χ1v) is 6.34. The molecule has 0 radical (unpaired) electrons. The minimum Gasteiger partial charge on any atom is -0.477 e. The van der Waals surface area contributed by atoms with Crippen molar-refractivity contribution in [2.45, 2.75) is 20.8 Å². The van der Waals surface area contributed by atoms with Gasteiger partial charge in [-0.15, -0.1) is 0 Å². The monoisotopic (exact) mass is 271 g/mol. The number of aliphatic carboxylic acids is 1. The number of benzene rings is 1. The summed E-state index contributed by atoms with van der Waals surface area (Å²) in [5, 5.41) is 9.18. The summed E-state index contributed by atoms with van der Waals surface area (Å²) < 4.78 is 7.32. The fourth-order valence-corrected chi connectivity index (χ4v) is 2.13. The number of nitrogens with zero attached hydrogens (tertiary/aromatic N) is 1. The molecule has 0 atom stereocenters. The van der Waals surface area contributed by atoms with Crippen LogP contribution in [0.1, 0.15) is 18.1 Å². The first kappa shape index (κ1) is 13.9. The van der Waals surface area contributed by atoms with Gasteiger partial charge in [-0.25, -0.2) is 4.79 Å². The quantitative estimate of drug-likeness (QED) is 0.859. The van der Waals surface area contributed by atoms with Gasteiger partial charge in [0.1, 0.15) is 11.4 Å². The summed E-state index contributed by atoms with van der Waals surface area (Å²) in [7, 11) is 0. The first-order valence-electron chi connectivity index (χ1n) is 6.34. The van der Waals surface area contributed by atoms with Gasteiger partial charge < -0.3 is 9.84 Å². The average molecular weight is 271 g/mol. The van der Waals surface area contributed by atoms with E-state index in [9.17, 15) is 9.90 Å². The predicted molar refractivity (Wildman–Crippen MR) is 78.0 cm³/mol. The molecular weight excluding hydrogens is 254 g/mol. The molecule has 0 aliphatic rings. The normalized spacial score (nSPS) is 11.4. The number of aromatic nitrogens is 1. The lowest BCUT2D eigenvalue weighted by atomic mass is 10.1. The van der Waals surface area contributed by atoms with Gasteiger partial charge in [-0.1, -0.05) is 12.1 Å². The highest BCUT2D eigenvalue weighted by molar-refractivity contribution is 6.08. The summed E-state index contributed by atoms with van der Waals surface area (Å²) in [4.78, 5) is 11.2. The van der Waals surface area contributed by atoms with E-state index >= 15 is 0 Å². The maximum Gasteiger partial charge on any atom is 0.352 e. The van der Waals surface area contributed by atoms with E-state index in [1.807, 2.05) is 26.0 Å². The highest BCUT2D eigenvalue weighted by Gasteiger charge is 2.13. The Hall–Kier alpha value is -2.49. The van der Waals surface area contributed by atoms with Crippen LogP contribution in [0.4, 0.5) is 0 Å². The number of hydrogen-bond acceptors (Lipinski definition) is 2. The van der Waals surface area contributed by atoms with Crippen molar-refractivity contribution in [2.24, 2.45) is 0 Å². The molecule has 0 bridgehead atoms. The van der Waals surface area contributed by atoms with Crippen molar-refractivity contribution < 1.29 is 14.6 Å². The van der Waals surface area contributed by atoms with Crippen LogP contribution in [0, 0.1) is 13.8 Å². The van der Waals surface area contributed by atoms with Gasteiger partial charge in [0.25, 0.3) is 0 Å². The number of carbonyl (C=O) groups is 1. The molecule has 1 aromatic carbocycles. The van der Waals surface area contributed by atoms with Crippen LogP contribution in [-0.4, -0.2) is 15.6 Å². The Kier molecular flexibility index (Phi) is 3.94. The van der Waals surface area contributed by atoms with Gasteiger partial charge >= 0.3 is 5.97 Å². The molecule has 4 nitrogen and oxygen atoms in total. The van der Waals surface area contributed by atoms with Crippen molar-refractivity contribution >= 4 is 11.7 Å². The minimum absolute atomic E-state index is 0.161. The molecule has 0 saturated carbocycles. The van der Waals surface area contributed by atoms with Crippen LogP contribution >= 0.6 is 0 Å². The molecule has 0 unspecified atom stereocenters. The zero-order chi connectivity index (χ0) is 14.7. The highest BCUT2D eigenvalue weighted by atomic mass is 16.5. The molecule has 1 N–H and O–H groups in total. The topological polar surface area (TPSA) is 51.5 Å². The van der Waals surface area contributed by atoms with Gasteiger partial charge in [-0.3, -0.25) is 4.57 Å². The molecule has 1 aromatic heterocycles. The lowest BCUT2D eigenvalue weighted by Gasteiger charge is -2.11. The second-order valence-corrected chi connectivity index (χ2v) is 4.62. The first-order chi connectivity index (χ1) is 9.51. The number of hydrogen-bond donors (Lipinski definition) is 1. The molecule has 0 saturated heterocycles. The van der Waals surface area contributed by atoms with E-state index in [2.05, 4.69) is 6.07 Å². The van der Waals surface area contributed by atoms with Crippen LogP contribution in [0.25, 0.3) is 5.70 Å². The molecule has 0 aliphatic carbocycles. The fourth-order valence-electron chi connectivity index (χ4n) is 2.13. The van der Waals surface area contributed by atoms with E-state index in [4.69, 9.17) is 4.74 Å². The molecule has 104 valence electrons. The summed E-state index contributed by atoms with van der Waals surface area (Å²) in [6.07, 6.45) is 3.21. The van der Waals surface area contributed by atoms with Crippen LogP contribution in [-0.2, 0) is 4.79 Å². The average Bonchev–Trinajstić information content (AvgIpc) is 2.76. The Bertz CT molecular complexity index is 648. The SMILES string of the molecule is C/C=C(/C(=O)O)n1cccc1Oc1cc(C)cc(C)c1. The Morgan fingerprint density at radius 1 is 1.25 bits per heavy atom. The molecule has 2 rings (SSSR count). The Labute approximate surface area is 117 Å². The van der Waals surface area contributed by atoms with Crippen molar-refractivity contribution in [1.29, 1.82) is 0 Å². The fraction of sp³-hybridized carbons (Fsp3) is 0.188. The standard InChI is InChI=1S/C16H17NO3/c1-4-14(16(18)19)17-7-5-6-15(17)20-13-9-11(2)8-12(3)10-13/h4-10H,1-3H3,(H,18,19)/b14-4-. The molecule has 4 heteroatoms. The number of carboxylic acid groups (broad SMARTS) is 1. The van der Waals surface area contributed by atoms with Crippen LogP contribution in [0.15, 0.2) is 42.6 Å². The van der Waals surface area contributed by atoms with Crippen molar-refractivity contribution in [3.63, 3.8) is 0 Å². The summed E-state index contributed by atoms with van der Waals surface area (Å²) in [5.74, 6) is 0.183. The lowest BCUT2D eigenvalue weighted by molar-refractivity contribution is -0.130. The number of rotatable bonds is 4. The van der Waals surface area contributed by atoms with E-state index < -0.39 is 5.97 Å². The molecule has 0 spiro atoms. The third kappa shape index (κ3) is 2.91. The second kappa shape index (κ2) is 5.65. The Morgan fingerprint density at radius 3 is 2.45 bits per heavy atom. The van der Waals surface area contributed by atoms with Gasteiger partial charge in [0.15, 0.2) is 0 Å². The molecule has 0 aliphatic heterocycles. The van der Waals surface area contributed by atoms with Gasteiger partial charge in [-0.05, 0) is 50.1 Å². The largest absolute Gasteiger partial charge is 0.477 e. The van der Waals surface area contributed by atoms with Gasteiger partial charge in [0, 0.05) is 12.3 Å². The molecule has 0 amide bonds. The molecular formula is C16H17NO3. The van der Waals surface area contributed by atoms with Crippen LogP contribution < -0.4 is 4.74 Å². The lowest BCUT2D eigenvalue weighted by Crippen LogP contribution is -2.07. The zero-order valence-corrected chi connectivity index (χ0v) is 11.8. The van der Waals surface area contributed by atoms with Gasteiger partial charge in [0.2, 0.25) is 5.88 Å². The van der Waals surface area contributed by atoms with E-state index in [1.54, 1.807) is 25.3 Å². The number of aryl methyl sites for hydroxylation is 2. The van der Waals surface area contributed by atoms with E-state index in [0.29, 0.717) is 11.6 Å². The molecule has 20 heavy (non-hydrogen) atoms. The third-order valence-corrected chi connectivity index (χ3v) is 2.88. The second-order valence-electron chi connectivity index (χ2n) is 4.62. The Balaban J connectivity index is 2.36. The molecule has 1 heterocycles. The number of carboxylic acids is 1. The zero-order valence-electron chi connectivity index (χ0n) is 11.8. The van der Waals surface area contributed by atoms with Crippen molar-refractivity contribution in [3.8, 4) is 11.6 Å². The van der Waals surface area contributed by atoms with Crippen LogP contribution in [0.3, 0.4) is 0 Å². The summed E-state index contributed by atoms with van der Waals surface area (Å²) in [5.41, 5.74) is 2.36. The Morgan fingerprint density at radius 2 is 1.90 bits per heavy atom. The van der Waals surface area contributed by atoms with Crippen molar-refractivity contribution in [3.05, 3.63) is 53.7 Å². The maximum atomic E-state index is 11.2. The number of allylic oxidation sites excluding steroid dienone is 1. The van der Waals surface area contributed by atoms with Crippen molar-refractivity contribution in [2.75, 3.05) is 0 Å². The third-order valence-electron chi connectivity index (χ3n) is 2.88. The summed E-state index contributed by atoms with van der Waals surface area (Å²) in [6.45, 7) is 5.67. The highest BCUT2D eigenvalue weighted by Crippen LogP contribution is 2.26. The molecule has 0 fully saturated rings. The maximum absolute atomic E-state index is 11.2. The van der Waals surface area contributed by atoms with E-state index in [1.165, 1.54) is 10.6 Å². The number of ether oxygens (including phenoxy) is 1. The predicted octanol–water partition coefficient (Wildman–Crippen LogP) is 3.84. The van der Waals surface area contributed by atoms with Crippen molar-refractivity contribution in [1.82, 2.24) is 4.57 Å². The van der Waals surface area contributed by atoms with Crippen LogP contribution in [0.5, 0.6) is 11.6 Å². The van der Waals surface area contributed by atoms with Crippen LogP contribution in [0.2, 0.25) is 0 Å². The summed E-state index contributed by atoms with van der Waals surface area (Å²) in [6, 6.07) is 9.38. The summed E-state index contributed by atoms with van der Waals surface area (Å²) >= 11 is 0.